The third-order valence-electron chi connectivity index (χ3n) is 7.01. The van der Waals surface area contributed by atoms with E-state index in [2.05, 4.69) is 5.32 Å². The molecule has 0 aliphatic carbocycles. The Morgan fingerprint density at radius 2 is 1.72 bits per heavy atom. The first kappa shape index (κ1) is 26.5. The summed E-state index contributed by atoms with van der Waals surface area (Å²) in [6, 6.07) is 11.1. The Labute approximate surface area is 223 Å². The molecule has 5 rings (SSSR count). The molecule has 0 saturated carbocycles. The maximum atomic E-state index is 13.9. The molecule has 3 N–H and O–H groups in total. The van der Waals surface area contributed by atoms with Crippen molar-refractivity contribution in [3.05, 3.63) is 86.8 Å². The second kappa shape index (κ2) is 10.6. The highest BCUT2D eigenvalue weighted by molar-refractivity contribution is 5.94. The molecule has 0 unspecified atom stereocenters. The monoisotopic (exact) mass is 542 g/mol. The number of alkyl halides is 3. The van der Waals surface area contributed by atoms with Gasteiger partial charge in [0.15, 0.2) is 0 Å². The normalized spacial score (nSPS) is 16.5. The molecule has 1 atom stereocenters. The Kier molecular flexibility index (Phi) is 7.21. The van der Waals surface area contributed by atoms with Gasteiger partial charge in [0.1, 0.15) is 0 Å². The van der Waals surface area contributed by atoms with Gasteiger partial charge in [-0.05, 0) is 48.9 Å². The summed E-state index contributed by atoms with van der Waals surface area (Å²) in [7, 11) is 0. The van der Waals surface area contributed by atoms with E-state index in [9.17, 15) is 22.8 Å². The number of carbonyl (C=O) groups excluding carboxylic acids is 1. The number of benzene rings is 2. The van der Waals surface area contributed by atoms with Crippen LogP contribution in [0.2, 0.25) is 0 Å². The summed E-state index contributed by atoms with van der Waals surface area (Å²) in [5, 5.41) is 5.07. The molecular formula is C27H29F3N6O3. The molecule has 0 radical (unpaired) electrons. The second-order valence-corrected chi connectivity index (χ2v) is 9.63. The van der Waals surface area contributed by atoms with Crippen molar-refractivity contribution in [1.82, 2.24) is 14.6 Å². The van der Waals surface area contributed by atoms with Crippen molar-refractivity contribution >= 4 is 17.5 Å². The quantitative estimate of drug-likeness (QED) is 0.477. The van der Waals surface area contributed by atoms with Crippen LogP contribution in [0.5, 0.6) is 0 Å². The number of amides is 1. The molecule has 2 aliphatic heterocycles. The van der Waals surface area contributed by atoms with Crippen molar-refractivity contribution in [3.8, 4) is 0 Å². The van der Waals surface area contributed by atoms with Crippen molar-refractivity contribution in [3.63, 3.8) is 0 Å². The first-order valence-corrected chi connectivity index (χ1v) is 12.7. The number of halogens is 3. The molecule has 12 heteroatoms. The highest BCUT2D eigenvalue weighted by atomic mass is 19.4. The van der Waals surface area contributed by atoms with Gasteiger partial charge in [0, 0.05) is 24.2 Å². The molecule has 3 heterocycles. The van der Waals surface area contributed by atoms with Crippen LogP contribution >= 0.6 is 0 Å². The number of rotatable bonds is 5. The summed E-state index contributed by atoms with van der Waals surface area (Å²) < 4.78 is 46.0. The molecule has 206 valence electrons. The highest BCUT2D eigenvalue weighted by Gasteiger charge is 2.31. The average molecular weight is 543 g/mol. The molecule has 1 fully saturated rings. The predicted octanol–water partition coefficient (Wildman–Crippen LogP) is 3.18. The van der Waals surface area contributed by atoms with Gasteiger partial charge in [-0.15, -0.1) is 0 Å². The number of hydrogen-bond acceptors (Lipinski definition) is 7. The number of nitrogens with one attached hydrogen (secondary N) is 1. The average Bonchev–Trinajstić information content (AvgIpc) is 2.93. The molecule has 1 amide bonds. The lowest BCUT2D eigenvalue weighted by molar-refractivity contribution is -0.137. The molecule has 9 nitrogen and oxygen atoms in total. The summed E-state index contributed by atoms with van der Waals surface area (Å²) in [6.07, 6.45) is -4.03. The number of fused-ring (bicyclic) bond motifs is 1. The Morgan fingerprint density at radius 3 is 2.36 bits per heavy atom. The van der Waals surface area contributed by atoms with Crippen LogP contribution in [0.4, 0.5) is 24.8 Å². The van der Waals surface area contributed by atoms with Crippen LogP contribution in [0.3, 0.4) is 0 Å². The first-order valence-electron chi connectivity index (χ1n) is 12.7. The number of carbonyl (C=O) groups is 1. The number of aromatic nitrogens is 2. The third-order valence-corrected chi connectivity index (χ3v) is 7.01. The molecule has 1 aromatic heterocycles. The van der Waals surface area contributed by atoms with Gasteiger partial charge in [0.05, 0.1) is 55.7 Å². The van der Waals surface area contributed by atoms with Crippen LogP contribution in [-0.4, -0.2) is 53.3 Å². The number of morpholine rings is 1. The highest BCUT2D eigenvalue weighted by Crippen LogP contribution is 2.30. The summed E-state index contributed by atoms with van der Waals surface area (Å²) in [6.45, 7) is 4.07. The smallest absolute Gasteiger partial charge is 0.399 e. The Morgan fingerprint density at radius 1 is 1.05 bits per heavy atom. The van der Waals surface area contributed by atoms with Gasteiger partial charge < -0.3 is 25.7 Å². The van der Waals surface area contributed by atoms with Crippen LogP contribution < -0.4 is 21.6 Å². The Balaban J connectivity index is 1.46. The molecule has 0 spiro atoms. The molecule has 0 bridgehead atoms. The zero-order valence-corrected chi connectivity index (χ0v) is 21.4. The number of nitrogens with zero attached hydrogens (tertiary/aromatic N) is 4. The largest absolute Gasteiger partial charge is 0.416 e. The van der Waals surface area contributed by atoms with Crippen molar-refractivity contribution in [2.24, 2.45) is 0 Å². The minimum absolute atomic E-state index is 0.115. The Bertz CT molecular complexity index is 1400. The lowest BCUT2D eigenvalue weighted by Crippen LogP contribution is -2.52. The first-order chi connectivity index (χ1) is 18.6. The number of hydrogen-bond donors (Lipinski definition) is 2. The fourth-order valence-corrected chi connectivity index (χ4v) is 4.80. The van der Waals surface area contributed by atoms with E-state index in [1.165, 1.54) is 16.8 Å². The number of nitrogen functional groups attached to an aromatic ring is 1. The summed E-state index contributed by atoms with van der Waals surface area (Å²) in [4.78, 5) is 33.4. The minimum Gasteiger partial charge on any atom is -0.399 e. The SMILES string of the molecule is C[C@H](Nc1nc2c(c(=O)n1N1CCOCC1)CN(C(=O)c1ccc(N)cc1)CC2)c1ccc(C(F)(F)F)cc1. The van der Waals surface area contributed by atoms with Crippen molar-refractivity contribution in [2.75, 3.05) is 48.9 Å². The fraction of sp³-hybridized carbons (Fsp3) is 0.370. The predicted molar refractivity (Wildman–Crippen MR) is 140 cm³/mol. The van der Waals surface area contributed by atoms with Gasteiger partial charge >= 0.3 is 6.18 Å². The van der Waals surface area contributed by atoms with Crippen molar-refractivity contribution in [2.45, 2.75) is 32.1 Å². The second-order valence-electron chi connectivity index (χ2n) is 9.63. The molecule has 2 aliphatic rings. The maximum Gasteiger partial charge on any atom is 0.416 e. The molecule has 1 saturated heterocycles. The lowest BCUT2D eigenvalue weighted by Gasteiger charge is -2.35. The van der Waals surface area contributed by atoms with E-state index < -0.39 is 17.8 Å². The van der Waals surface area contributed by atoms with Gasteiger partial charge in [-0.25, -0.2) is 4.98 Å². The lowest BCUT2D eigenvalue weighted by atomic mass is 10.0. The van der Waals surface area contributed by atoms with Gasteiger partial charge in [-0.1, -0.05) is 12.1 Å². The van der Waals surface area contributed by atoms with Gasteiger partial charge in [0.2, 0.25) is 5.95 Å². The molecular weight excluding hydrogens is 513 g/mol. The number of nitrogens with two attached hydrogens (primary N) is 1. The summed E-state index contributed by atoms with van der Waals surface area (Å²) in [5.41, 5.74) is 7.40. The summed E-state index contributed by atoms with van der Waals surface area (Å²) >= 11 is 0. The van der Waals surface area contributed by atoms with E-state index in [0.717, 1.165) is 12.1 Å². The molecule has 39 heavy (non-hydrogen) atoms. The van der Waals surface area contributed by atoms with Gasteiger partial charge in [-0.3, -0.25) is 9.59 Å². The van der Waals surface area contributed by atoms with Crippen molar-refractivity contribution < 1.29 is 22.7 Å². The minimum atomic E-state index is -4.42. The van der Waals surface area contributed by atoms with Crippen LogP contribution in [0.1, 0.15) is 45.7 Å². The van der Waals surface area contributed by atoms with E-state index in [1.807, 2.05) is 5.01 Å². The zero-order valence-electron chi connectivity index (χ0n) is 21.4. The van der Waals surface area contributed by atoms with Crippen LogP contribution in [0, 0.1) is 0 Å². The van der Waals surface area contributed by atoms with Crippen molar-refractivity contribution in [1.29, 1.82) is 0 Å². The fourth-order valence-electron chi connectivity index (χ4n) is 4.80. The van der Waals surface area contributed by atoms with Gasteiger partial charge in [-0.2, -0.15) is 17.8 Å². The zero-order chi connectivity index (χ0) is 27.7. The maximum absolute atomic E-state index is 13.9. The van der Waals surface area contributed by atoms with Gasteiger partial charge in [0.25, 0.3) is 11.5 Å². The van der Waals surface area contributed by atoms with E-state index in [4.69, 9.17) is 15.5 Å². The molecule has 2 aromatic carbocycles. The van der Waals surface area contributed by atoms with E-state index >= 15 is 0 Å². The van der Waals surface area contributed by atoms with E-state index in [-0.39, 0.29) is 18.0 Å². The standard InChI is InChI=1S/C27H29F3N6O3/c1-17(18-2-6-20(7-3-18)27(28,29)30)32-26-33-23-10-11-34(24(37)19-4-8-21(31)9-5-19)16-22(23)25(38)36(26)35-12-14-39-15-13-35/h2-9,17H,10-16,31H2,1H3,(H,32,33)/t17-/m0/s1. The van der Waals surface area contributed by atoms with E-state index in [1.54, 1.807) is 36.1 Å². The van der Waals surface area contributed by atoms with Crippen LogP contribution in [-0.2, 0) is 23.9 Å². The third kappa shape index (κ3) is 5.56. The topological polar surface area (TPSA) is 106 Å². The van der Waals surface area contributed by atoms with Crippen LogP contribution in [0.15, 0.2) is 53.3 Å². The number of anilines is 2. The van der Waals surface area contributed by atoms with E-state index in [0.29, 0.717) is 73.3 Å². The summed E-state index contributed by atoms with van der Waals surface area (Å²) in [5.74, 6) is 0.0995. The Hall–Kier alpha value is -4.06. The molecule has 3 aromatic rings. The van der Waals surface area contributed by atoms with Crippen LogP contribution in [0.25, 0.3) is 0 Å². The number of ether oxygens (including phenoxy) is 1.